The third-order valence-corrected chi connectivity index (χ3v) is 6.21. The number of hydrogen-bond acceptors (Lipinski definition) is 3. The maximum atomic E-state index is 12.8. The van der Waals surface area contributed by atoms with E-state index in [-0.39, 0.29) is 11.4 Å². The fraction of sp³-hybridized carbons (Fsp3) is 0.467. The van der Waals surface area contributed by atoms with Crippen molar-refractivity contribution >= 4 is 26.0 Å². The Balaban J connectivity index is 2.30. The van der Waals surface area contributed by atoms with Crippen molar-refractivity contribution in [1.82, 2.24) is 9.62 Å². The molecule has 0 aromatic heterocycles. The highest BCUT2D eigenvalue weighted by molar-refractivity contribution is 9.10. The van der Waals surface area contributed by atoms with E-state index in [0.29, 0.717) is 23.5 Å². The summed E-state index contributed by atoms with van der Waals surface area (Å²) in [5, 5.41) is 3.04. The van der Waals surface area contributed by atoms with Crippen molar-refractivity contribution in [1.29, 1.82) is 0 Å². The van der Waals surface area contributed by atoms with Crippen LogP contribution in [0.4, 0.5) is 0 Å². The van der Waals surface area contributed by atoms with E-state index in [1.165, 1.54) is 4.31 Å². The van der Waals surface area contributed by atoms with Gasteiger partial charge in [0.1, 0.15) is 0 Å². The van der Waals surface area contributed by atoms with E-state index >= 15 is 0 Å². The molecule has 1 saturated carbocycles. The molecule has 0 bridgehead atoms. The Labute approximate surface area is 135 Å². The van der Waals surface area contributed by atoms with Gasteiger partial charge in [-0.15, -0.1) is 6.42 Å². The van der Waals surface area contributed by atoms with Gasteiger partial charge in [0.05, 0.1) is 11.4 Å². The Hall–Kier alpha value is -0.870. The number of hydrogen-bond donors (Lipinski definition) is 1. The van der Waals surface area contributed by atoms with Crippen LogP contribution in [0.5, 0.6) is 0 Å². The Morgan fingerprint density at radius 3 is 2.71 bits per heavy atom. The van der Waals surface area contributed by atoms with E-state index in [1.807, 2.05) is 19.2 Å². The summed E-state index contributed by atoms with van der Waals surface area (Å²) in [7, 11) is -1.71. The second-order valence-electron chi connectivity index (χ2n) is 5.24. The molecule has 0 atom stereocenters. The zero-order valence-electron chi connectivity index (χ0n) is 12.0. The minimum Gasteiger partial charge on any atom is -0.316 e. The maximum absolute atomic E-state index is 12.8. The van der Waals surface area contributed by atoms with Crippen molar-refractivity contribution in [2.75, 3.05) is 20.1 Å². The first kappa shape index (κ1) is 16.5. The van der Waals surface area contributed by atoms with Crippen molar-refractivity contribution in [2.45, 2.75) is 24.3 Å². The average molecular weight is 371 g/mol. The quantitative estimate of drug-likeness (QED) is 0.748. The van der Waals surface area contributed by atoms with E-state index in [4.69, 9.17) is 6.42 Å². The predicted octanol–water partition coefficient (Wildman–Crippen LogP) is 2.20. The first-order chi connectivity index (χ1) is 9.98. The van der Waals surface area contributed by atoms with Gasteiger partial charge in [-0.3, -0.25) is 0 Å². The second kappa shape index (κ2) is 6.93. The van der Waals surface area contributed by atoms with E-state index in [9.17, 15) is 8.42 Å². The SMILES string of the molecule is C#CCN(CC1CC1)S(=O)(=O)c1ccc(CNC)cc1Br. The van der Waals surface area contributed by atoms with Gasteiger partial charge in [-0.1, -0.05) is 12.0 Å². The molecule has 1 aromatic rings. The molecule has 1 N–H and O–H groups in total. The van der Waals surface area contributed by atoms with Crippen LogP contribution in [0.15, 0.2) is 27.6 Å². The molecule has 0 spiro atoms. The van der Waals surface area contributed by atoms with Crippen LogP contribution in [-0.2, 0) is 16.6 Å². The number of nitrogens with one attached hydrogen (secondary N) is 1. The van der Waals surface area contributed by atoms with Crippen LogP contribution in [0.25, 0.3) is 0 Å². The fourth-order valence-corrected chi connectivity index (χ4v) is 4.66. The summed E-state index contributed by atoms with van der Waals surface area (Å²) >= 11 is 3.37. The average Bonchev–Trinajstić information content (AvgIpc) is 3.22. The molecule has 0 heterocycles. The van der Waals surface area contributed by atoms with E-state index in [2.05, 4.69) is 27.2 Å². The lowest BCUT2D eigenvalue weighted by molar-refractivity contribution is 0.430. The van der Waals surface area contributed by atoms with E-state index in [0.717, 1.165) is 18.4 Å². The van der Waals surface area contributed by atoms with Crippen LogP contribution in [0.1, 0.15) is 18.4 Å². The highest BCUT2D eigenvalue weighted by Crippen LogP contribution is 2.33. The monoisotopic (exact) mass is 370 g/mol. The summed E-state index contributed by atoms with van der Waals surface area (Å²) in [6.07, 6.45) is 7.49. The highest BCUT2D eigenvalue weighted by atomic mass is 79.9. The van der Waals surface area contributed by atoms with Crippen molar-refractivity contribution in [3.63, 3.8) is 0 Å². The minimum absolute atomic E-state index is 0.115. The lowest BCUT2D eigenvalue weighted by Crippen LogP contribution is -2.33. The zero-order chi connectivity index (χ0) is 15.5. The molecule has 4 nitrogen and oxygen atoms in total. The van der Waals surface area contributed by atoms with Crippen LogP contribution in [0.2, 0.25) is 0 Å². The van der Waals surface area contributed by atoms with Gasteiger partial charge >= 0.3 is 0 Å². The van der Waals surface area contributed by atoms with Crippen LogP contribution in [-0.4, -0.2) is 32.9 Å². The molecule has 114 valence electrons. The fourth-order valence-electron chi connectivity index (χ4n) is 2.14. The molecular weight excluding hydrogens is 352 g/mol. The first-order valence-electron chi connectivity index (χ1n) is 6.85. The van der Waals surface area contributed by atoms with Crippen molar-refractivity contribution in [3.05, 3.63) is 28.2 Å². The lowest BCUT2D eigenvalue weighted by Gasteiger charge is -2.20. The molecule has 1 fully saturated rings. The van der Waals surface area contributed by atoms with Gasteiger partial charge in [-0.05, 0) is 59.4 Å². The van der Waals surface area contributed by atoms with Crippen molar-refractivity contribution < 1.29 is 8.42 Å². The molecule has 0 amide bonds. The predicted molar refractivity (Wildman–Crippen MR) is 87.2 cm³/mol. The molecule has 21 heavy (non-hydrogen) atoms. The van der Waals surface area contributed by atoms with Gasteiger partial charge in [0, 0.05) is 17.6 Å². The van der Waals surface area contributed by atoms with Crippen LogP contribution in [0, 0.1) is 18.3 Å². The number of nitrogens with zero attached hydrogens (tertiary/aromatic N) is 1. The summed E-state index contributed by atoms with van der Waals surface area (Å²) in [4.78, 5) is 0.276. The van der Waals surface area contributed by atoms with E-state index < -0.39 is 10.0 Å². The lowest BCUT2D eigenvalue weighted by atomic mass is 10.2. The third kappa shape index (κ3) is 4.07. The standard InChI is InChI=1S/C15H19BrN2O2S/c1-3-8-18(11-12-4-5-12)21(19,20)15-7-6-13(10-17-2)9-14(15)16/h1,6-7,9,12,17H,4-5,8,10-11H2,2H3. The molecule has 0 saturated heterocycles. The Morgan fingerprint density at radius 2 is 2.19 bits per heavy atom. The summed E-state index contributed by atoms with van der Waals surface area (Å²) in [5.74, 6) is 2.90. The minimum atomic E-state index is -3.56. The normalized spacial score (nSPS) is 15.1. The summed E-state index contributed by atoms with van der Waals surface area (Å²) in [6.45, 7) is 1.32. The molecule has 6 heteroatoms. The van der Waals surface area contributed by atoms with Gasteiger partial charge in [-0.25, -0.2) is 8.42 Å². The molecule has 1 aliphatic carbocycles. The van der Waals surface area contributed by atoms with Crippen molar-refractivity contribution in [3.8, 4) is 12.3 Å². The Morgan fingerprint density at radius 1 is 1.48 bits per heavy atom. The van der Waals surface area contributed by atoms with Gasteiger partial charge in [0.25, 0.3) is 0 Å². The first-order valence-corrected chi connectivity index (χ1v) is 9.09. The summed E-state index contributed by atoms with van der Waals surface area (Å²) in [6, 6.07) is 5.29. The molecule has 0 unspecified atom stereocenters. The molecular formula is C15H19BrN2O2S. The van der Waals surface area contributed by atoms with Gasteiger partial charge < -0.3 is 5.32 Å². The summed E-state index contributed by atoms with van der Waals surface area (Å²) in [5.41, 5.74) is 1.02. The second-order valence-corrected chi connectivity index (χ2v) is 8.00. The molecule has 2 rings (SSSR count). The van der Waals surface area contributed by atoms with Gasteiger partial charge in [-0.2, -0.15) is 4.31 Å². The maximum Gasteiger partial charge on any atom is 0.245 e. The van der Waals surface area contributed by atoms with Crippen LogP contribution < -0.4 is 5.32 Å². The van der Waals surface area contributed by atoms with E-state index in [1.54, 1.807) is 6.07 Å². The Bertz CT molecular complexity index is 648. The number of benzene rings is 1. The number of sulfonamides is 1. The third-order valence-electron chi connectivity index (χ3n) is 3.42. The molecule has 1 aliphatic rings. The summed E-state index contributed by atoms with van der Waals surface area (Å²) < 4.78 is 27.5. The number of rotatable bonds is 7. The Kier molecular flexibility index (Phi) is 5.44. The topological polar surface area (TPSA) is 49.4 Å². The van der Waals surface area contributed by atoms with Crippen LogP contribution >= 0.6 is 15.9 Å². The highest BCUT2D eigenvalue weighted by Gasteiger charge is 2.32. The molecule has 0 aliphatic heterocycles. The van der Waals surface area contributed by atoms with Crippen LogP contribution in [0.3, 0.4) is 0 Å². The van der Waals surface area contributed by atoms with Gasteiger partial charge in [0.15, 0.2) is 0 Å². The number of terminal acetylenes is 1. The number of halogens is 1. The molecule has 1 aromatic carbocycles. The smallest absolute Gasteiger partial charge is 0.245 e. The molecule has 0 radical (unpaired) electrons. The van der Waals surface area contributed by atoms with Gasteiger partial charge in [0.2, 0.25) is 10.0 Å². The largest absolute Gasteiger partial charge is 0.316 e. The zero-order valence-corrected chi connectivity index (χ0v) is 14.4. The van der Waals surface area contributed by atoms with Crippen molar-refractivity contribution in [2.24, 2.45) is 5.92 Å².